The summed E-state index contributed by atoms with van der Waals surface area (Å²) in [7, 11) is 0. The second-order valence-corrected chi connectivity index (χ2v) is 5.88. The quantitative estimate of drug-likeness (QED) is 0.409. The van der Waals surface area contributed by atoms with Crippen molar-refractivity contribution in [1.82, 2.24) is 10.6 Å². The lowest BCUT2D eigenvalue weighted by atomic mass is 9.87. The van der Waals surface area contributed by atoms with E-state index < -0.39 is 17.4 Å². The number of carbonyl (C=O) groups is 2. The van der Waals surface area contributed by atoms with Crippen LogP contribution in [0, 0.1) is 5.41 Å². The second kappa shape index (κ2) is 9.07. The van der Waals surface area contributed by atoms with Gasteiger partial charge >= 0.3 is 0 Å². The minimum Gasteiger partial charge on any atom is -0.396 e. The van der Waals surface area contributed by atoms with E-state index >= 15 is 0 Å². The maximum absolute atomic E-state index is 11.7. The normalized spacial score (nSPS) is 12.9. The number of carbonyl (C=O) groups excluding carboxylic acids is 2. The minimum atomic E-state index is -1.30. The highest BCUT2D eigenvalue weighted by Crippen LogP contribution is 2.19. The van der Waals surface area contributed by atoms with E-state index in [0.29, 0.717) is 0 Å². The highest BCUT2D eigenvalue weighted by Gasteiger charge is 2.32. The van der Waals surface area contributed by atoms with Gasteiger partial charge in [-0.1, -0.05) is 44.2 Å². The van der Waals surface area contributed by atoms with Gasteiger partial charge in [0.1, 0.15) is 6.10 Å². The molecular weight excluding hydrogens is 296 g/mol. The van der Waals surface area contributed by atoms with E-state index in [2.05, 4.69) is 10.6 Å². The molecule has 1 atom stereocenters. The van der Waals surface area contributed by atoms with E-state index in [-0.39, 0.29) is 25.6 Å². The van der Waals surface area contributed by atoms with Crippen molar-refractivity contribution >= 4 is 17.9 Å². The van der Waals surface area contributed by atoms with E-state index in [1.807, 2.05) is 30.3 Å². The monoisotopic (exact) mass is 320 g/mol. The van der Waals surface area contributed by atoms with Gasteiger partial charge in [-0.3, -0.25) is 9.59 Å². The predicted octanol–water partition coefficient (Wildman–Crippen LogP) is 0.312. The Hall–Kier alpha value is -2.18. The molecule has 23 heavy (non-hydrogen) atoms. The summed E-state index contributed by atoms with van der Waals surface area (Å²) in [6.07, 6.45) is 1.81. The first-order valence-corrected chi connectivity index (χ1v) is 7.44. The lowest BCUT2D eigenvalue weighted by Gasteiger charge is -2.27. The molecule has 0 unspecified atom stereocenters. The Morgan fingerprint density at radius 3 is 2.39 bits per heavy atom. The fourth-order valence-corrected chi connectivity index (χ4v) is 1.70. The van der Waals surface area contributed by atoms with Crippen LogP contribution in [0.15, 0.2) is 36.4 Å². The number of amides is 2. The van der Waals surface area contributed by atoms with Crippen LogP contribution in [-0.4, -0.2) is 47.8 Å². The van der Waals surface area contributed by atoms with Crippen molar-refractivity contribution in [2.24, 2.45) is 5.41 Å². The van der Waals surface area contributed by atoms with Gasteiger partial charge in [-0.2, -0.15) is 0 Å². The Balaban J connectivity index is 2.28. The molecule has 6 nitrogen and oxygen atoms in total. The summed E-state index contributed by atoms with van der Waals surface area (Å²) < 4.78 is 0. The van der Waals surface area contributed by atoms with Crippen LogP contribution < -0.4 is 10.6 Å². The number of nitrogens with one attached hydrogen (secondary N) is 2. The van der Waals surface area contributed by atoms with Gasteiger partial charge in [0, 0.05) is 24.6 Å². The summed E-state index contributed by atoms with van der Waals surface area (Å²) in [5.74, 6) is -0.836. The van der Waals surface area contributed by atoms with Crippen molar-refractivity contribution in [2.45, 2.75) is 20.0 Å². The van der Waals surface area contributed by atoms with Crippen molar-refractivity contribution < 1.29 is 19.8 Å². The van der Waals surface area contributed by atoms with Crippen LogP contribution in [0.2, 0.25) is 0 Å². The molecule has 0 aliphatic carbocycles. The number of aliphatic hydroxyl groups excluding tert-OH is 2. The summed E-state index contributed by atoms with van der Waals surface area (Å²) in [5.41, 5.74) is 0.0106. The van der Waals surface area contributed by atoms with E-state index in [0.717, 1.165) is 5.56 Å². The van der Waals surface area contributed by atoms with Gasteiger partial charge in [-0.15, -0.1) is 0 Å². The lowest BCUT2D eigenvalue weighted by Crippen LogP contribution is -2.47. The number of aliphatic hydroxyl groups is 2. The fourth-order valence-electron chi connectivity index (χ4n) is 1.70. The topological polar surface area (TPSA) is 98.7 Å². The molecule has 2 amide bonds. The number of hydrogen-bond acceptors (Lipinski definition) is 4. The van der Waals surface area contributed by atoms with Crippen molar-refractivity contribution in [2.75, 3.05) is 19.7 Å². The molecular formula is C17H24N2O4. The molecule has 0 radical (unpaired) electrons. The molecule has 0 aromatic heterocycles. The Labute approximate surface area is 136 Å². The maximum atomic E-state index is 11.7. The number of benzene rings is 1. The zero-order chi connectivity index (χ0) is 17.3. The van der Waals surface area contributed by atoms with Crippen LogP contribution in [0.1, 0.15) is 19.4 Å². The molecule has 0 aliphatic heterocycles. The zero-order valence-electron chi connectivity index (χ0n) is 13.5. The number of hydrogen-bond donors (Lipinski definition) is 4. The standard InChI is InChI=1S/C17H24N2O4/c1-17(2,12-20)15(22)16(23)19-11-10-18-14(21)9-8-13-6-4-3-5-7-13/h3-9,15,20,22H,10-12H2,1-2H3,(H,18,21)(H,19,23)/b9-8+/t15-/m0/s1. The van der Waals surface area contributed by atoms with Gasteiger partial charge < -0.3 is 20.8 Å². The second-order valence-electron chi connectivity index (χ2n) is 5.88. The van der Waals surface area contributed by atoms with Crippen molar-refractivity contribution in [3.05, 3.63) is 42.0 Å². The molecule has 1 aromatic rings. The first-order valence-electron chi connectivity index (χ1n) is 7.44. The van der Waals surface area contributed by atoms with Gasteiger partial charge in [0.05, 0.1) is 6.61 Å². The van der Waals surface area contributed by atoms with Crippen LogP contribution in [0.4, 0.5) is 0 Å². The lowest BCUT2D eigenvalue weighted by molar-refractivity contribution is -0.137. The van der Waals surface area contributed by atoms with E-state index in [4.69, 9.17) is 5.11 Å². The van der Waals surface area contributed by atoms with Crippen LogP contribution in [0.3, 0.4) is 0 Å². The molecule has 0 bridgehead atoms. The molecule has 126 valence electrons. The summed E-state index contributed by atoms with van der Waals surface area (Å²) in [6.45, 7) is 3.32. The molecule has 0 saturated carbocycles. The molecule has 1 rings (SSSR count). The molecule has 0 heterocycles. The van der Waals surface area contributed by atoms with Crippen molar-refractivity contribution in [1.29, 1.82) is 0 Å². The molecule has 4 N–H and O–H groups in total. The smallest absolute Gasteiger partial charge is 0.249 e. The molecule has 0 saturated heterocycles. The largest absolute Gasteiger partial charge is 0.396 e. The van der Waals surface area contributed by atoms with Gasteiger partial charge in [0.15, 0.2) is 0 Å². The third kappa shape index (κ3) is 6.63. The average Bonchev–Trinajstić information content (AvgIpc) is 2.56. The van der Waals surface area contributed by atoms with Gasteiger partial charge in [-0.05, 0) is 11.6 Å². The third-order valence-electron chi connectivity index (χ3n) is 3.35. The highest BCUT2D eigenvalue weighted by molar-refractivity contribution is 5.91. The SMILES string of the molecule is CC(C)(CO)[C@@H](O)C(=O)NCCNC(=O)/C=C/c1ccccc1. The minimum absolute atomic E-state index is 0.197. The van der Waals surface area contributed by atoms with E-state index in [9.17, 15) is 14.7 Å². The van der Waals surface area contributed by atoms with E-state index in [1.165, 1.54) is 6.08 Å². The average molecular weight is 320 g/mol. The van der Waals surface area contributed by atoms with Crippen molar-refractivity contribution in [3.63, 3.8) is 0 Å². The van der Waals surface area contributed by atoms with Gasteiger partial charge in [0.2, 0.25) is 11.8 Å². The number of rotatable bonds is 8. The Morgan fingerprint density at radius 1 is 1.17 bits per heavy atom. The first kappa shape index (κ1) is 18.9. The molecule has 0 aliphatic rings. The Kier molecular flexibility index (Phi) is 7.44. The Morgan fingerprint density at radius 2 is 1.78 bits per heavy atom. The van der Waals surface area contributed by atoms with Gasteiger partial charge in [0.25, 0.3) is 0 Å². The fraction of sp³-hybridized carbons (Fsp3) is 0.412. The van der Waals surface area contributed by atoms with E-state index in [1.54, 1.807) is 19.9 Å². The maximum Gasteiger partial charge on any atom is 0.249 e. The highest BCUT2D eigenvalue weighted by atomic mass is 16.3. The summed E-state index contributed by atoms with van der Waals surface area (Å²) >= 11 is 0. The van der Waals surface area contributed by atoms with Crippen LogP contribution >= 0.6 is 0 Å². The molecule has 0 fully saturated rings. The third-order valence-corrected chi connectivity index (χ3v) is 3.35. The summed E-state index contributed by atoms with van der Waals surface area (Å²) in [6, 6.07) is 9.42. The predicted molar refractivity (Wildman–Crippen MR) is 88.4 cm³/mol. The first-order chi connectivity index (χ1) is 10.9. The summed E-state index contributed by atoms with van der Waals surface area (Å²) in [4.78, 5) is 23.3. The Bertz CT molecular complexity index is 541. The summed E-state index contributed by atoms with van der Waals surface area (Å²) in [5, 5.41) is 24.0. The molecule has 0 spiro atoms. The molecule has 1 aromatic carbocycles. The van der Waals surface area contributed by atoms with Crippen molar-refractivity contribution in [3.8, 4) is 0 Å². The zero-order valence-corrected chi connectivity index (χ0v) is 13.5. The van der Waals surface area contributed by atoms with Gasteiger partial charge in [-0.25, -0.2) is 0 Å². The van der Waals surface area contributed by atoms with Crippen LogP contribution in [0.5, 0.6) is 0 Å². The van der Waals surface area contributed by atoms with Crippen LogP contribution in [0.25, 0.3) is 6.08 Å². The molecule has 6 heteroatoms. The van der Waals surface area contributed by atoms with Crippen LogP contribution in [-0.2, 0) is 9.59 Å².